The van der Waals surface area contributed by atoms with Crippen molar-refractivity contribution in [1.82, 2.24) is 4.90 Å². The molecular formula is C17H29NO2. The van der Waals surface area contributed by atoms with E-state index in [4.69, 9.17) is 0 Å². The van der Waals surface area contributed by atoms with Gasteiger partial charge in [0.15, 0.2) is 0 Å². The van der Waals surface area contributed by atoms with Crippen molar-refractivity contribution in [2.24, 2.45) is 11.3 Å². The van der Waals surface area contributed by atoms with Crippen LogP contribution in [0.15, 0.2) is 0 Å². The van der Waals surface area contributed by atoms with Gasteiger partial charge in [-0.25, -0.2) is 0 Å². The van der Waals surface area contributed by atoms with Crippen LogP contribution in [0.4, 0.5) is 0 Å². The first-order valence-corrected chi connectivity index (χ1v) is 8.61. The van der Waals surface area contributed by atoms with Crippen molar-refractivity contribution in [3.05, 3.63) is 0 Å². The molecule has 1 N–H and O–H groups in total. The van der Waals surface area contributed by atoms with Crippen molar-refractivity contribution in [3.63, 3.8) is 0 Å². The SMILES string of the molecule is CCC1(O)CCC12CCN(C(=O)C1CCCCC1)CC2. The first-order chi connectivity index (χ1) is 9.60. The third-order valence-corrected chi connectivity index (χ3v) is 6.58. The van der Waals surface area contributed by atoms with Gasteiger partial charge in [-0.1, -0.05) is 26.2 Å². The normalized spacial score (nSPS) is 34.0. The van der Waals surface area contributed by atoms with E-state index in [1.54, 1.807) is 0 Å². The zero-order valence-corrected chi connectivity index (χ0v) is 12.9. The molecule has 2 saturated carbocycles. The molecule has 1 saturated heterocycles. The monoisotopic (exact) mass is 279 g/mol. The molecule has 114 valence electrons. The summed E-state index contributed by atoms with van der Waals surface area (Å²) >= 11 is 0. The minimum atomic E-state index is -0.438. The van der Waals surface area contributed by atoms with Gasteiger partial charge in [-0.3, -0.25) is 4.79 Å². The molecule has 3 fully saturated rings. The second-order valence-corrected chi connectivity index (χ2v) is 7.33. The van der Waals surface area contributed by atoms with E-state index in [2.05, 4.69) is 11.8 Å². The fourth-order valence-corrected chi connectivity index (χ4v) is 4.80. The number of likely N-dealkylation sites (tertiary alicyclic amines) is 1. The van der Waals surface area contributed by atoms with Gasteiger partial charge in [0.1, 0.15) is 0 Å². The van der Waals surface area contributed by atoms with Crippen molar-refractivity contribution in [3.8, 4) is 0 Å². The van der Waals surface area contributed by atoms with E-state index in [9.17, 15) is 9.90 Å². The minimum Gasteiger partial charge on any atom is -0.389 e. The number of amides is 1. The molecule has 1 aliphatic heterocycles. The van der Waals surface area contributed by atoms with Crippen LogP contribution in [-0.2, 0) is 4.79 Å². The number of rotatable bonds is 2. The smallest absolute Gasteiger partial charge is 0.225 e. The fourth-order valence-electron chi connectivity index (χ4n) is 4.80. The summed E-state index contributed by atoms with van der Waals surface area (Å²) in [5.74, 6) is 0.697. The van der Waals surface area contributed by atoms with E-state index >= 15 is 0 Å². The highest BCUT2D eigenvalue weighted by Crippen LogP contribution is 2.57. The number of hydrogen-bond acceptors (Lipinski definition) is 2. The lowest BCUT2D eigenvalue weighted by Crippen LogP contribution is -2.61. The van der Waals surface area contributed by atoms with Crippen molar-refractivity contribution in [2.75, 3.05) is 13.1 Å². The highest BCUT2D eigenvalue weighted by molar-refractivity contribution is 5.79. The number of carbonyl (C=O) groups is 1. The molecule has 3 aliphatic rings. The Kier molecular flexibility index (Phi) is 3.83. The minimum absolute atomic E-state index is 0.130. The van der Waals surface area contributed by atoms with Gasteiger partial charge in [0.25, 0.3) is 0 Å². The second kappa shape index (κ2) is 5.32. The van der Waals surface area contributed by atoms with Gasteiger partial charge in [-0.15, -0.1) is 0 Å². The van der Waals surface area contributed by atoms with Crippen LogP contribution in [0.5, 0.6) is 0 Å². The maximum atomic E-state index is 12.6. The number of piperidine rings is 1. The lowest BCUT2D eigenvalue weighted by molar-refractivity contribution is -0.193. The summed E-state index contributed by atoms with van der Waals surface area (Å²) in [6.07, 6.45) is 10.9. The Labute approximate surface area is 122 Å². The van der Waals surface area contributed by atoms with Crippen LogP contribution in [0.2, 0.25) is 0 Å². The number of carbonyl (C=O) groups excluding carboxylic acids is 1. The summed E-state index contributed by atoms with van der Waals surface area (Å²) in [5, 5.41) is 10.7. The Morgan fingerprint density at radius 1 is 1.10 bits per heavy atom. The Morgan fingerprint density at radius 2 is 1.75 bits per heavy atom. The molecule has 20 heavy (non-hydrogen) atoms. The molecule has 3 heteroatoms. The molecule has 1 unspecified atom stereocenters. The van der Waals surface area contributed by atoms with E-state index in [1.165, 1.54) is 19.3 Å². The number of hydrogen-bond donors (Lipinski definition) is 1. The van der Waals surface area contributed by atoms with Gasteiger partial charge in [0.05, 0.1) is 5.60 Å². The molecule has 3 nitrogen and oxygen atoms in total. The number of nitrogens with zero attached hydrogens (tertiary/aromatic N) is 1. The molecule has 0 aromatic rings. The lowest BCUT2D eigenvalue weighted by Gasteiger charge is -2.59. The van der Waals surface area contributed by atoms with Gasteiger partial charge < -0.3 is 10.0 Å². The van der Waals surface area contributed by atoms with Gasteiger partial charge >= 0.3 is 0 Å². The molecular weight excluding hydrogens is 250 g/mol. The Morgan fingerprint density at radius 3 is 2.25 bits per heavy atom. The summed E-state index contributed by atoms with van der Waals surface area (Å²) in [6, 6.07) is 0. The summed E-state index contributed by atoms with van der Waals surface area (Å²) in [4.78, 5) is 14.7. The summed E-state index contributed by atoms with van der Waals surface area (Å²) in [5.41, 5.74) is -0.307. The maximum Gasteiger partial charge on any atom is 0.225 e. The quantitative estimate of drug-likeness (QED) is 0.843. The van der Waals surface area contributed by atoms with Gasteiger partial charge in [-0.2, -0.15) is 0 Å². The third-order valence-electron chi connectivity index (χ3n) is 6.58. The molecule has 1 heterocycles. The maximum absolute atomic E-state index is 12.6. The van der Waals surface area contributed by atoms with Crippen LogP contribution in [0.3, 0.4) is 0 Å². The van der Waals surface area contributed by atoms with Gasteiger partial charge in [0.2, 0.25) is 5.91 Å². The largest absolute Gasteiger partial charge is 0.389 e. The molecule has 0 aromatic heterocycles. The Bertz CT molecular complexity index is 363. The highest BCUT2D eigenvalue weighted by atomic mass is 16.3. The Hall–Kier alpha value is -0.570. The number of aliphatic hydroxyl groups is 1. The average molecular weight is 279 g/mol. The molecule has 0 aromatic carbocycles. The van der Waals surface area contributed by atoms with Crippen molar-refractivity contribution < 1.29 is 9.90 Å². The predicted octanol–water partition coefficient (Wildman–Crippen LogP) is 3.11. The van der Waals surface area contributed by atoms with E-state index in [-0.39, 0.29) is 5.41 Å². The third kappa shape index (κ3) is 2.18. The molecule has 3 rings (SSSR count). The second-order valence-electron chi connectivity index (χ2n) is 7.33. The summed E-state index contributed by atoms with van der Waals surface area (Å²) < 4.78 is 0. The Balaban J connectivity index is 1.57. The first-order valence-electron chi connectivity index (χ1n) is 8.61. The first kappa shape index (κ1) is 14.4. The molecule has 1 amide bonds. The summed E-state index contributed by atoms with van der Waals surface area (Å²) in [6.45, 7) is 3.84. The lowest BCUT2D eigenvalue weighted by atomic mass is 9.51. The van der Waals surface area contributed by atoms with Crippen LogP contribution < -0.4 is 0 Å². The van der Waals surface area contributed by atoms with E-state index in [0.29, 0.717) is 11.8 Å². The zero-order valence-electron chi connectivity index (χ0n) is 12.9. The topological polar surface area (TPSA) is 40.5 Å². The average Bonchev–Trinajstić information content (AvgIpc) is 2.53. The standard InChI is InChI=1S/C17H29NO2/c1-2-17(20)9-8-16(17)10-12-18(13-11-16)15(19)14-6-4-3-5-7-14/h14,20H,2-13H2,1H3. The van der Waals surface area contributed by atoms with Crippen molar-refractivity contribution in [1.29, 1.82) is 0 Å². The van der Waals surface area contributed by atoms with E-state index in [1.807, 2.05) is 0 Å². The van der Waals surface area contributed by atoms with Crippen molar-refractivity contribution >= 4 is 5.91 Å². The molecule has 1 atom stereocenters. The van der Waals surface area contributed by atoms with Crippen LogP contribution in [-0.4, -0.2) is 34.6 Å². The zero-order chi connectivity index (χ0) is 14.2. The molecule has 1 spiro atoms. The van der Waals surface area contributed by atoms with Crippen LogP contribution in [0, 0.1) is 11.3 Å². The van der Waals surface area contributed by atoms with Crippen molar-refractivity contribution in [2.45, 2.75) is 76.7 Å². The van der Waals surface area contributed by atoms with Crippen LogP contribution >= 0.6 is 0 Å². The molecule has 0 bridgehead atoms. The van der Waals surface area contributed by atoms with Crippen LogP contribution in [0.25, 0.3) is 0 Å². The van der Waals surface area contributed by atoms with Gasteiger partial charge in [0, 0.05) is 24.4 Å². The van der Waals surface area contributed by atoms with E-state index < -0.39 is 5.60 Å². The molecule has 0 radical (unpaired) electrons. The van der Waals surface area contributed by atoms with Crippen LogP contribution in [0.1, 0.15) is 71.1 Å². The van der Waals surface area contributed by atoms with Gasteiger partial charge in [-0.05, 0) is 44.9 Å². The fraction of sp³-hybridized carbons (Fsp3) is 0.941. The summed E-state index contributed by atoms with van der Waals surface area (Å²) in [7, 11) is 0. The van der Waals surface area contributed by atoms with E-state index in [0.717, 1.165) is 58.0 Å². The molecule has 2 aliphatic carbocycles. The highest BCUT2D eigenvalue weighted by Gasteiger charge is 2.57. The predicted molar refractivity (Wildman–Crippen MR) is 79.3 cm³/mol.